The van der Waals surface area contributed by atoms with E-state index >= 15 is 0 Å². The Morgan fingerprint density at radius 2 is 2.21 bits per heavy atom. The first-order valence-electron chi connectivity index (χ1n) is 9.18. The van der Waals surface area contributed by atoms with E-state index in [1.807, 2.05) is 18.3 Å². The van der Waals surface area contributed by atoms with Crippen molar-refractivity contribution in [3.05, 3.63) is 24.0 Å². The zero-order valence-electron chi connectivity index (χ0n) is 14.5. The van der Waals surface area contributed by atoms with Gasteiger partial charge in [-0.15, -0.1) is 0 Å². The number of carbonyl (C=O) groups is 1. The Hall–Kier alpha value is -1.62. The number of likely N-dealkylation sites (tertiary alicyclic amines) is 2. The molecule has 1 saturated carbocycles. The molecule has 5 heteroatoms. The smallest absolute Gasteiger partial charge is 0.222 e. The summed E-state index contributed by atoms with van der Waals surface area (Å²) < 4.78 is 5.31. The highest BCUT2D eigenvalue weighted by Gasteiger charge is 2.45. The van der Waals surface area contributed by atoms with E-state index in [1.54, 1.807) is 7.11 Å². The topological polar surface area (TPSA) is 45.7 Å². The molecule has 3 heterocycles. The third-order valence-electron chi connectivity index (χ3n) is 5.83. The van der Waals surface area contributed by atoms with Gasteiger partial charge in [-0.05, 0) is 44.7 Å². The third kappa shape index (κ3) is 3.27. The highest BCUT2D eigenvalue weighted by molar-refractivity contribution is 5.78. The van der Waals surface area contributed by atoms with E-state index in [2.05, 4.69) is 14.8 Å². The number of ether oxygens (including phenoxy) is 1. The van der Waals surface area contributed by atoms with Crippen LogP contribution in [0.5, 0.6) is 5.75 Å². The molecule has 1 aliphatic carbocycles. The Labute approximate surface area is 144 Å². The fourth-order valence-corrected chi connectivity index (χ4v) is 4.44. The second kappa shape index (κ2) is 6.36. The van der Waals surface area contributed by atoms with Gasteiger partial charge in [-0.2, -0.15) is 0 Å². The fraction of sp³-hybridized carbons (Fsp3) is 0.684. The van der Waals surface area contributed by atoms with Crippen molar-refractivity contribution < 1.29 is 9.53 Å². The molecule has 2 saturated heterocycles. The number of hydrogen-bond donors (Lipinski definition) is 0. The van der Waals surface area contributed by atoms with Crippen LogP contribution in [-0.2, 0) is 11.3 Å². The van der Waals surface area contributed by atoms with Gasteiger partial charge in [0.15, 0.2) is 0 Å². The summed E-state index contributed by atoms with van der Waals surface area (Å²) in [5, 5.41) is 0. The van der Waals surface area contributed by atoms with E-state index in [0.717, 1.165) is 50.5 Å². The van der Waals surface area contributed by atoms with Gasteiger partial charge >= 0.3 is 0 Å². The predicted octanol–water partition coefficient (Wildman–Crippen LogP) is 2.46. The monoisotopic (exact) mass is 329 g/mol. The molecule has 0 radical (unpaired) electrons. The van der Waals surface area contributed by atoms with Crippen molar-refractivity contribution in [1.29, 1.82) is 0 Å². The molecular weight excluding hydrogens is 302 g/mol. The number of aromatic nitrogens is 1. The summed E-state index contributed by atoms with van der Waals surface area (Å²) in [7, 11) is 1.69. The van der Waals surface area contributed by atoms with Gasteiger partial charge in [-0.3, -0.25) is 14.7 Å². The SMILES string of the molecule is COc1ccnc(CN2CCC[C@]3(CCC(=O)N(C4CC4)C3)C2)c1. The van der Waals surface area contributed by atoms with Gasteiger partial charge in [-0.25, -0.2) is 0 Å². The van der Waals surface area contributed by atoms with Crippen LogP contribution in [0.2, 0.25) is 0 Å². The Bertz CT molecular complexity index is 616. The summed E-state index contributed by atoms with van der Waals surface area (Å²) in [4.78, 5) is 21.4. The van der Waals surface area contributed by atoms with Crippen LogP contribution in [0.15, 0.2) is 18.3 Å². The van der Waals surface area contributed by atoms with Crippen molar-refractivity contribution in [1.82, 2.24) is 14.8 Å². The first-order chi connectivity index (χ1) is 11.7. The van der Waals surface area contributed by atoms with E-state index in [9.17, 15) is 4.79 Å². The summed E-state index contributed by atoms with van der Waals surface area (Å²) in [6.45, 7) is 4.05. The highest BCUT2D eigenvalue weighted by Crippen LogP contribution is 2.42. The molecule has 1 amide bonds. The Morgan fingerprint density at radius 1 is 1.33 bits per heavy atom. The standard InChI is InChI=1S/C19H27N3O2/c1-24-17-6-9-20-15(11-17)12-21-10-2-7-19(13-21)8-5-18(23)22(14-19)16-3-4-16/h6,9,11,16H,2-5,7-8,10,12-14H2,1H3/t19-/m0/s1. The zero-order chi connectivity index (χ0) is 16.6. The van der Waals surface area contributed by atoms with Gasteiger partial charge in [0, 0.05) is 49.8 Å². The minimum Gasteiger partial charge on any atom is -0.497 e. The molecule has 0 unspecified atom stereocenters. The van der Waals surface area contributed by atoms with Crippen LogP contribution in [0.3, 0.4) is 0 Å². The van der Waals surface area contributed by atoms with E-state index in [-0.39, 0.29) is 0 Å². The van der Waals surface area contributed by atoms with Crippen molar-refractivity contribution in [3.63, 3.8) is 0 Å². The number of rotatable bonds is 4. The van der Waals surface area contributed by atoms with Crippen molar-refractivity contribution in [3.8, 4) is 5.75 Å². The lowest BCUT2D eigenvalue weighted by atomic mass is 9.73. The minimum atomic E-state index is 0.299. The number of amides is 1. The highest BCUT2D eigenvalue weighted by atomic mass is 16.5. The predicted molar refractivity (Wildman–Crippen MR) is 91.7 cm³/mol. The zero-order valence-corrected chi connectivity index (χ0v) is 14.5. The fourth-order valence-electron chi connectivity index (χ4n) is 4.44. The maximum atomic E-state index is 12.2. The van der Waals surface area contributed by atoms with Gasteiger partial charge in [-0.1, -0.05) is 0 Å². The maximum absolute atomic E-state index is 12.2. The number of methoxy groups -OCH3 is 1. The Kier molecular flexibility index (Phi) is 4.21. The molecule has 3 fully saturated rings. The normalized spacial score (nSPS) is 28.4. The number of nitrogens with zero attached hydrogens (tertiary/aromatic N) is 3. The van der Waals surface area contributed by atoms with E-state index in [1.165, 1.54) is 25.7 Å². The van der Waals surface area contributed by atoms with Gasteiger partial charge in [0.25, 0.3) is 0 Å². The number of piperidine rings is 2. The average molecular weight is 329 g/mol. The molecule has 0 bridgehead atoms. The molecular formula is C19H27N3O2. The van der Waals surface area contributed by atoms with Crippen LogP contribution in [0.4, 0.5) is 0 Å². The summed E-state index contributed by atoms with van der Waals surface area (Å²) >= 11 is 0. The second-order valence-corrected chi connectivity index (χ2v) is 7.75. The number of carbonyl (C=O) groups excluding carboxylic acids is 1. The maximum Gasteiger partial charge on any atom is 0.222 e. The molecule has 1 spiro atoms. The molecule has 5 nitrogen and oxygen atoms in total. The summed E-state index contributed by atoms with van der Waals surface area (Å²) in [6, 6.07) is 4.47. The third-order valence-corrected chi connectivity index (χ3v) is 5.83. The molecule has 1 aromatic heterocycles. The lowest BCUT2D eigenvalue weighted by molar-refractivity contribution is -0.140. The quantitative estimate of drug-likeness (QED) is 0.851. The van der Waals surface area contributed by atoms with Gasteiger partial charge in [0.2, 0.25) is 5.91 Å². The van der Waals surface area contributed by atoms with Crippen molar-refractivity contribution in [2.45, 2.75) is 51.1 Å². The molecule has 0 aromatic carbocycles. The molecule has 2 aliphatic heterocycles. The lowest BCUT2D eigenvalue weighted by Gasteiger charge is -2.48. The van der Waals surface area contributed by atoms with Crippen molar-refractivity contribution in [2.75, 3.05) is 26.7 Å². The minimum absolute atomic E-state index is 0.299. The first-order valence-corrected chi connectivity index (χ1v) is 9.18. The first kappa shape index (κ1) is 15.9. The molecule has 130 valence electrons. The number of hydrogen-bond acceptors (Lipinski definition) is 4. The van der Waals surface area contributed by atoms with Crippen LogP contribution in [-0.4, -0.2) is 53.5 Å². The van der Waals surface area contributed by atoms with Gasteiger partial charge < -0.3 is 9.64 Å². The van der Waals surface area contributed by atoms with Gasteiger partial charge in [0.05, 0.1) is 12.8 Å². The Balaban J connectivity index is 1.44. The van der Waals surface area contributed by atoms with Gasteiger partial charge in [0.1, 0.15) is 5.75 Å². The van der Waals surface area contributed by atoms with Crippen LogP contribution in [0.25, 0.3) is 0 Å². The second-order valence-electron chi connectivity index (χ2n) is 7.75. The lowest BCUT2D eigenvalue weighted by Crippen LogP contribution is -2.54. The number of pyridine rings is 1. The average Bonchev–Trinajstić information content (AvgIpc) is 3.43. The molecule has 4 rings (SSSR count). The van der Waals surface area contributed by atoms with E-state index in [0.29, 0.717) is 17.4 Å². The molecule has 3 aliphatic rings. The van der Waals surface area contributed by atoms with Crippen LogP contribution < -0.4 is 4.74 Å². The summed E-state index contributed by atoms with van der Waals surface area (Å²) in [5.41, 5.74) is 1.37. The molecule has 0 N–H and O–H groups in total. The molecule has 1 aromatic rings. The van der Waals surface area contributed by atoms with Crippen LogP contribution >= 0.6 is 0 Å². The largest absolute Gasteiger partial charge is 0.497 e. The van der Waals surface area contributed by atoms with E-state index < -0.39 is 0 Å². The molecule has 24 heavy (non-hydrogen) atoms. The van der Waals surface area contributed by atoms with Crippen molar-refractivity contribution in [2.24, 2.45) is 5.41 Å². The Morgan fingerprint density at radius 3 is 3.00 bits per heavy atom. The van der Waals surface area contributed by atoms with Crippen LogP contribution in [0, 0.1) is 5.41 Å². The summed E-state index contributed by atoms with van der Waals surface area (Å²) in [5.74, 6) is 1.25. The summed E-state index contributed by atoms with van der Waals surface area (Å²) in [6.07, 6.45) is 8.50. The van der Waals surface area contributed by atoms with Crippen LogP contribution in [0.1, 0.15) is 44.2 Å². The van der Waals surface area contributed by atoms with Crippen molar-refractivity contribution >= 4 is 5.91 Å². The molecule has 1 atom stereocenters. The van der Waals surface area contributed by atoms with E-state index in [4.69, 9.17) is 4.74 Å².